The summed E-state index contributed by atoms with van der Waals surface area (Å²) in [6.45, 7) is 11.9. The summed E-state index contributed by atoms with van der Waals surface area (Å²) in [4.78, 5) is 14.8. The maximum Gasteiger partial charge on any atom is 0.238 e. The van der Waals surface area contributed by atoms with Crippen LogP contribution in [0.3, 0.4) is 0 Å². The fraction of sp³-hybridized carbons (Fsp3) is 0.458. The average Bonchev–Trinajstić information content (AvgIpc) is 2.67. The highest BCUT2D eigenvalue weighted by molar-refractivity contribution is 5.94. The number of para-hydroxylation sites is 1. The number of anilines is 1. The van der Waals surface area contributed by atoms with E-state index in [0.717, 1.165) is 22.4 Å². The zero-order valence-corrected chi connectivity index (χ0v) is 18.4. The van der Waals surface area contributed by atoms with Gasteiger partial charge in [0.1, 0.15) is 0 Å². The molecule has 0 saturated carbocycles. The fourth-order valence-electron chi connectivity index (χ4n) is 3.42. The Balaban J connectivity index is 2.14. The van der Waals surface area contributed by atoms with Gasteiger partial charge in [0.25, 0.3) is 0 Å². The summed E-state index contributed by atoms with van der Waals surface area (Å²) in [5, 5.41) is 3.15. The zero-order chi connectivity index (χ0) is 21.6. The Hall–Kier alpha value is -2.40. The van der Waals surface area contributed by atoms with Crippen molar-refractivity contribution < 1.29 is 13.9 Å². The van der Waals surface area contributed by atoms with Crippen molar-refractivity contribution in [3.05, 3.63) is 58.9 Å². The second-order valence-corrected chi connectivity index (χ2v) is 7.94. The minimum absolute atomic E-state index is 0.0594. The number of likely N-dealkylation sites (N-methyl/N-ethyl adjacent to an activating group) is 1. The van der Waals surface area contributed by atoms with Crippen LogP contribution in [-0.4, -0.2) is 31.0 Å². The number of ether oxygens (including phenoxy) is 1. The number of methoxy groups -OCH3 is 1. The Kier molecular flexibility index (Phi) is 8.21. The smallest absolute Gasteiger partial charge is 0.238 e. The predicted octanol–water partition coefficient (Wildman–Crippen LogP) is 5.54. The van der Waals surface area contributed by atoms with Crippen LogP contribution in [0.2, 0.25) is 0 Å². The van der Waals surface area contributed by atoms with E-state index in [1.165, 1.54) is 13.2 Å². The molecule has 1 amide bonds. The highest BCUT2D eigenvalue weighted by Crippen LogP contribution is 2.32. The van der Waals surface area contributed by atoms with Gasteiger partial charge in [-0.15, -0.1) is 0 Å². The molecule has 0 radical (unpaired) electrons. The third-order valence-corrected chi connectivity index (χ3v) is 5.07. The summed E-state index contributed by atoms with van der Waals surface area (Å²) >= 11 is 0. The van der Waals surface area contributed by atoms with Gasteiger partial charge < -0.3 is 10.1 Å². The van der Waals surface area contributed by atoms with Gasteiger partial charge in [0.15, 0.2) is 11.6 Å². The maximum absolute atomic E-state index is 14.0. The minimum Gasteiger partial charge on any atom is -0.494 e. The number of benzene rings is 2. The van der Waals surface area contributed by atoms with Crippen molar-refractivity contribution in [3.63, 3.8) is 0 Å². The number of nitrogens with one attached hydrogen (secondary N) is 1. The molecule has 158 valence electrons. The summed E-state index contributed by atoms with van der Waals surface area (Å²) in [7, 11) is 1.45. The topological polar surface area (TPSA) is 41.6 Å². The van der Waals surface area contributed by atoms with E-state index in [2.05, 4.69) is 51.2 Å². The van der Waals surface area contributed by atoms with Crippen LogP contribution in [0.5, 0.6) is 5.75 Å². The third-order valence-electron chi connectivity index (χ3n) is 5.07. The average molecular weight is 401 g/mol. The van der Waals surface area contributed by atoms with Gasteiger partial charge in [-0.25, -0.2) is 4.39 Å². The van der Waals surface area contributed by atoms with Crippen LogP contribution in [0.1, 0.15) is 63.1 Å². The standard InChI is InChI=1S/C24H33FN2O2/c1-7-27(14-18-11-12-22(29-6)21(25)13-18)15-23(28)26-24-19(16(2)3)9-8-10-20(24)17(4)5/h8-13,16-17H,7,14-15H2,1-6H3,(H,26,28). The van der Waals surface area contributed by atoms with Crippen LogP contribution in [0.15, 0.2) is 36.4 Å². The Morgan fingerprint density at radius 1 is 1.10 bits per heavy atom. The highest BCUT2D eigenvalue weighted by Gasteiger charge is 2.17. The predicted molar refractivity (Wildman–Crippen MR) is 117 cm³/mol. The van der Waals surface area contributed by atoms with Crippen molar-refractivity contribution in [1.82, 2.24) is 4.90 Å². The number of carbonyl (C=O) groups is 1. The summed E-state index contributed by atoms with van der Waals surface area (Å²) in [5.41, 5.74) is 4.02. The quantitative estimate of drug-likeness (QED) is 0.601. The lowest BCUT2D eigenvalue weighted by molar-refractivity contribution is -0.117. The Morgan fingerprint density at radius 2 is 1.72 bits per heavy atom. The van der Waals surface area contributed by atoms with Crippen LogP contribution >= 0.6 is 0 Å². The molecule has 0 aliphatic rings. The number of hydrogen-bond donors (Lipinski definition) is 1. The lowest BCUT2D eigenvalue weighted by Gasteiger charge is -2.23. The van der Waals surface area contributed by atoms with Crippen molar-refractivity contribution in [1.29, 1.82) is 0 Å². The van der Waals surface area contributed by atoms with Gasteiger partial charge in [0, 0.05) is 12.2 Å². The molecule has 2 aromatic rings. The van der Waals surface area contributed by atoms with Crippen LogP contribution in [-0.2, 0) is 11.3 Å². The third kappa shape index (κ3) is 6.04. The first-order chi connectivity index (χ1) is 13.8. The molecule has 2 aromatic carbocycles. The van der Waals surface area contributed by atoms with Gasteiger partial charge in [0.2, 0.25) is 5.91 Å². The number of nitrogens with zero attached hydrogens (tertiary/aromatic N) is 1. The van der Waals surface area contributed by atoms with Crippen molar-refractivity contribution in [2.75, 3.05) is 25.5 Å². The van der Waals surface area contributed by atoms with Gasteiger partial charge in [-0.1, -0.05) is 58.9 Å². The van der Waals surface area contributed by atoms with Crippen LogP contribution < -0.4 is 10.1 Å². The van der Waals surface area contributed by atoms with Gasteiger partial charge in [-0.3, -0.25) is 9.69 Å². The second kappa shape index (κ2) is 10.4. The number of carbonyl (C=O) groups excluding carboxylic acids is 1. The number of hydrogen-bond acceptors (Lipinski definition) is 3. The maximum atomic E-state index is 14.0. The first-order valence-corrected chi connectivity index (χ1v) is 10.2. The summed E-state index contributed by atoms with van der Waals surface area (Å²) < 4.78 is 18.9. The van der Waals surface area contributed by atoms with Crippen molar-refractivity contribution in [2.24, 2.45) is 0 Å². The van der Waals surface area contributed by atoms with Crippen molar-refractivity contribution >= 4 is 11.6 Å². The van der Waals surface area contributed by atoms with Gasteiger partial charge >= 0.3 is 0 Å². The molecule has 0 aliphatic carbocycles. The molecule has 29 heavy (non-hydrogen) atoms. The normalized spacial score (nSPS) is 11.4. The lowest BCUT2D eigenvalue weighted by Crippen LogP contribution is -2.33. The summed E-state index contributed by atoms with van der Waals surface area (Å²) in [6.07, 6.45) is 0. The Bertz CT molecular complexity index is 807. The zero-order valence-electron chi connectivity index (χ0n) is 18.4. The molecule has 0 fully saturated rings. The summed E-state index contributed by atoms with van der Waals surface area (Å²) in [5.74, 6) is 0.400. The molecule has 5 heteroatoms. The van der Waals surface area contributed by atoms with Crippen LogP contribution in [0.25, 0.3) is 0 Å². The van der Waals surface area contributed by atoms with Crippen molar-refractivity contribution in [2.45, 2.75) is 53.0 Å². The Labute approximate surface area is 174 Å². The highest BCUT2D eigenvalue weighted by atomic mass is 19.1. The van der Waals surface area contributed by atoms with Crippen LogP contribution in [0.4, 0.5) is 10.1 Å². The lowest BCUT2D eigenvalue weighted by atomic mass is 9.92. The molecule has 0 aliphatic heterocycles. The molecular formula is C24H33FN2O2. The molecule has 0 unspecified atom stereocenters. The van der Waals surface area contributed by atoms with E-state index in [-0.39, 0.29) is 18.2 Å². The van der Waals surface area contributed by atoms with E-state index in [1.54, 1.807) is 6.07 Å². The first-order valence-electron chi connectivity index (χ1n) is 10.2. The molecule has 0 heterocycles. The fourth-order valence-corrected chi connectivity index (χ4v) is 3.42. The molecule has 4 nitrogen and oxygen atoms in total. The SMILES string of the molecule is CCN(CC(=O)Nc1c(C(C)C)cccc1C(C)C)Cc1ccc(OC)c(F)c1. The first kappa shape index (κ1) is 22.9. The minimum atomic E-state index is -0.391. The largest absolute Gasteiger partial charge is 0.494 e. The van der Waals surface area contributed by atoms with E-state index in [0.29, 0.717) is 24.9 Å². The van der Waals surface area contributed by atoms with Crippen LogP contribution in [0, 0.1) is 5.82 Å². The van der Waals surface area contributed by atoms with Gasteiger partial charge in [0.05, 0.1) is 13.7 Å². The molecular weight excluding hydrogens is 367 g/mol. The summed E-state index contributed by atoms with van der Waals surface area (Å²) in [6, 6.07) is 11.1. The molecule has 0 spiro atoms. The Morgan fingerprint density at radius 3 is 2.21 bits per heavy atom. The molecule has 0 aromatic heterocycles. The number of halogens is 1. The molecule has 1 N–H and O–H groups in total. The van der Waals surface area contributed by atoms with E-state index < -0.39 is 5.82 Å². The van der Waals surface area contributed by atoms with E-state index in [1.807, 2.05) is 17.9 Å². The number of rotatable bonds is 9. The molecule has 0 atom stereocenters. The van der Waals surface area contributed by atoms with Gasteiger partial charge in [-0.05, 0) is 47.2 Å². The molecule has 2 rings (SSSR count). The van der Waals surface area contributed by atoms with E-state index in [9.17, 15) is 9.18 Å². The van der Waals surface area contributed by atoms with Gasteiger partial charge in [-0.2, -0.15) is 0 Å². The molecule has 0 saturated heterocycles. The molecule has 0 bridgehead atoms. The monoisotopic (exact) mass is 400 g/mol. The van der Waals surface area contributed by atoms with E-state index in [4.69, 9.17) is 4.74 Å². The van der Waals surface area contributed by atoms with E-state index >= 15 is 0 Å². The number of amides is 1. The van der Waals surface area contributed by atoms with Crippen molar-refractivity contribution in [3.8, 4) is 5.75 Å². The second-order valence-electron chi connectivity index (χ2n) is 7.94.